The van der Waals surface area contributed by atoms with Crippen molar-refractivity contribution in [1.29, 1.82) is 5.26 Å². The maximum Gasteiger partial charge on any atom is 0.244 e. The molecule has 0 saturated heterocycles. The molecule has 0 unspecified atom stereocenters. The molecule has 2 aromatic carbocycles. The number of benzene rings is 2. The summed E-state index contributed by atoms with van der Waals surface area (Å²) < 4.78 is 7.88. The third-order valence-corrected chi connectivity index (χ3v) is 4.96. The van der Waals surface area contributed by atoms with Crippen LogP contribution in [0.5, 0.6) is 0 Å². The predicted octanol–water partition coefficient (Wildman–Crippen LogP) is 4.85. The number of ether oxygens (including phenoxy) is 1. The van der Waals surface area contributed by atoms with Crippen molar-refractivity contribution in [3.8, 4) is 6.07 Å². The molecule has 1 N–H and O–H groups in total. The van der Waals surface area contributed by atoms with E-state index in [1.54, 1.807) is 6.08 Å². The van der Waals surface area contributed by atoms with Crippen molar-refractivity contribution in [2.24, 2.45) is 0 Å². The zero-order valence-electron chi connectivity index (χ0n) is 17.3. The number of aromatic nitrogens is 1. The second-order valence-corrected chi connectivity index (χ2v) is 7.10. The highest BCUT2D eigenvalue weighted by atomic mass is 16.5. The Balaban J connectivity index is 1.46. The van der Waals surface area contributed by atoms with Gasteiger partial charge in [0.15, 0.2) is 0 Å². The number of aryl methyl sites for hydroxylation is 1. The van der Waals surface area contributed by atoms with Gasteiger partial charge in [0.25, 0.3) is 0 Å². The number of carbonyl (C=O) groups excluding carboxylic acids is 1. The first kappa shape index (κ1) is 21.4. The van der Waals surface area contributed by atoms with E-state index in [-0.39, 0.29) is 12.0 Å². The van der Waals surface area contributed by atoms with Crippen molar-refractivity contribution >= 4 is 22.9 Å². The highest BCUT2D eigenvalue weighted by Gasteiger charge is 2.07. The number of carbonyl (C=O) groups is 1. The van der Waals surface area contributed by atoms with Crippen molar-refractivity contribution in [1.82, 2.24) is 9.88 Å². The summed E-state index contributed by atoms with van der Waals surface area (Å²) in [4.78, 5) is 12.2. The number of para-hydroxylation sites is 1. The van der Waals surface area contributed by atoms with E-state index in [1.807, 2.05) is 61.7 Å². The van der Waals surface area contributed by atoms with Crippen LogP contribution in [0, 0.1) is 11.3 Å². The van der Waals surface area contributed by atoms with Crippen LogP contribution in [0.15, 0.2) is 66.9 Å². The van der Waals surface area contributed by atoms with Gasteiger partial charge in [0.05, 0.1) is 18.6 Å². The Bertz CT molecular complexity index is 1030. The lowest BCUT2D eigenvalue weighted by Gasteiger charge is -2.13. The zero-order chi connectivity index (χ0) is 21.2. The summed E-state index contributed by atoms with van der Waals surface area (Å²) in [5.74, 6) is -0.125. The highest BCUT2D eigenvalue weighted by Crippen LogP contribution is 2.22. The maximum atomic E-state index is 12.2. The lowest BCUT2D eigenvalue weighted by Crippen LogP contribution is -2.23. The average molecular weight is 402 g/mol. The van der Waals surface area contributed by atoms with E-state index in [0.29, 0.717) is 26.1 Å². The molecule has 1 aromatic heterocycles. The molecule has 0 spiro atoms. The lowest BCUT2D eigenvalue weighted by molar-refractivity contribution is -0.116. The van der Waals surface area contributed by atoms with E-state index in [0.717, 1.165) is 28.5 Å². The van der Waals surface area contributed by atoms with Gasteiger partial charge in [0.1, 0.15) is 0 Å². The van der Waals surface area contributed by atoms with E-state index >= 15 is 0 Å². The minimum atomic E-state index is -0.125. The Morgan fingerprint density at radius 2 is 1.97 bits per heavy atom. The largest absolute Gasteiger partial charge is 0.374 e. The van der Waals surface area contributed by atoms with Crippen LogP contribution in [-0.4, -0.2) is 23.6 Å². The summed E-state index contributed by atoms with van der Waals surface area (Å²) in [5, 5.41) is 12.8. The average Bonchev–Trinajstić information content (AvgIpc) is 3.14. The fraction of sp³-hybridized carbons (Fsp3) is 0.280. The van der Waals surface area contributed by atoms with Crippen molar-refractivity contribution in [3.63, 3.8) is 0 Å². The molecule has 5 nitrogen and oxygen atoms in total. The summed E-state index contributed by atoms with van der Waals surface area (Å²) in [6, 6.07) is 20.3. The monoisotopic (exact) mass is 401 g/mol. The van der Waals surface area contributed by atoms with Crippen LogP contribution in [0.2, 0.25) is 0 Å². The Morgan fingerprint density at radius 1 is 1.20 bits per heavy atom. The van der Waals surface area contributed by atoms with Crippen LogP contribution in [-0.2, 0) is 16.1 Å². The van der Waals surface area contributed by atoms with Gasteiger partial charge in [-0.15, -0.1) is 0 Å². The first-order valence-corrected chi connectivity index (χ1v) is 10.3. The molecular formula is C25H27N3O2. The van der Waals surface area contributed by atoms with Crippen LogP contribution < -0.4 is 5.32 Å². The van der Waals surface area contributed by atoms with Gasteiger partial charge in [-0.05, 0) is 31.1 Å². The standard InChI is InChI=1S/C25H27N3O2/c1-20(21-9-3-2-4-10-21)30-18-8-16-27-25(29)14-13-22-19-28(17-7-15-26)24-12-6-5-11-23(22)24/h2-6,9-14,19-20H,7-8,16-18H2,1H3,(H,27,29)/b14-13+/t20-/m1/s1. The molecule has 3 rings (SSSR count). The van der Waals surface area contributed by atoms with Crippen LogP contribution in [0.25, 0.3) is 17.0 Å². The second-order valence-electron chi connectivity index (χ2n) is 7.10. The van der Waals surface area contributed by atoms with Gasteiger partial charge in [-0.3, -0.25) is 4.79 Å². The van der Waals surface area contributed by atoms with Gasteiger partial charge < -0.3 is 14.6 Å². The Kier molecular flexibility index (Phi) is 7.82. The third kappa shape index (κ3) is 5.82. The Hall–Kier alpha value is -3.36. The molecular weight excluding hydrogens is 374 g/mol. The zero-order valence-corrected chi connectivity index (χ0v) is 17.3. The van der Waals surface area contributed by atoms with Crippen molar-refractivity contribution in [2.75, 3.05) is 13.2 Å². The van der Waals surface area contributed by atoms with Crippen molar-refractivity contribution < 1.29 is 9.53 Å². The minimum Gasteiger partial charge on any atom is -0.374 e. The molecule has 0 aliphatic heterocycles. The fourth-order valence-corrected chi connectivity index (χ4v) is 3.35. The van der Waals surface area contributed by atoms with Crippen LogP contribution in [0.1, 0.15) is 37.0 Å². The molecule has 1 amide bonds. The summed E-state index contributed by atoms with van der Waals surface area (Å²) in [6.07, 6.45) is 6.63. The van der Waals surface area contributed by atoms with Gasteiger partial charge in [-0.25, -0.2) is 0 Å². The van der Waals surface area contributed by atoms with Gasteiger partial charge in [-0.1, -0.05) is 48.5 Å². The van der Waals surface area contributed by atoms with E-state index in [9.17, 15) is 4.79 Å². The summed E-state index contributed by atoms with van der Waals surface area (Å²) in [7, 11) is 0. The van der Waals surface area contributed by atoms with Gasteiger partial charge >= 0.3 is 0 Å². The molecule has 0 aliphatic carbocycles. The predicted molar refractivity (Wildman–Crippen MR) is 120 cm³/mol. The van der Waals surface area contributed by atoms with E-state index in [4.69, 9.17) is 10.00 Å². The van der Waals surface area contributed by atoms with Crippen LogP contribution >= 0.6 is 0 Å². The number of nitriles is 1. The summed E-state index contributed by atoms with van der Waals surface area (Å²) in [5.41, 5.74) is 3.19. The fourth-order valence-electron chi connectivity index (χ4n) is 3.35. The number of nitrogens with zero attached hydrogens (tertiary/aromatic N) is 2. The summed E-state index contributed by atoms with van der Waals surface area (Å²) >= 11 is 0. The number of nitrogens with one attached hydrogen (secondary N) is 1. The third-order valence-electron chi connectivity index (χ3n) is 4.96. The second kappa shape index (κ2) is 11.0. The lowest BCUT2D eigenvalue weighted by atomic mass is 10.1. The number of hydrogen-bond acceptors (Lipinski definition) is 3. The Morgan fingerprint density at radius 3 is 2.77 bits per heavy atom. The molecule has 0 radical (unpaired) electrons. The Labute approximate surface area is 177 Å². The molecule has 1 atom stereocenters. The molecule has 5 heteroatoms. The summed E-state index contributed by atoms with van der Waals surface area (Å²) in [6.45, 7) is 3.82. The normalized spacial score (nSPS) is 12.1. The van der Waals surface area contributed by atoms with Gasteiger partial charge in [0, 0.05) is 48.4 Å². The molecule has 1 heterocycles. The van der Waals surface area contributed by atoms with E-state index in [1.165, 1.54) is 0 Å². The molecule has 0 bridgehead atoms. The molecule has 0 aliphatic rings. The number of rotatable bonds is 10. The topological polar surface area (TPSA) is 67.0 Å². The quantitative estimate of drug-likeness (QED) is 0.390. The SMILES string of the molecule is C[C@@H](OCCCNC(=O)/C=C/c1cn(CCC#N)c2ccccc12)c1ccccc1. The molecule has 3 aromatic rings. The number of fused-ring (bicyclic) bond motifs is 1. The minimum absolute atomic E-state index is 0.0418. The van der Waals surface area contributed by atoms with Gasteiger partial charge in [-0.2, -0.15) is 5.26 Å². The molecule has 0 fully saturated rings. The van der Waals surface area contributed by atoms with Crippen molar-refractivity contribution in [3.05, 3.63) is 78.0 Å². The van der Waals surface area contributed by atoms with Crippen molar-refractivity contribution in [2.45, 2.75) is 32.4 Å². The molecule has 0 saturated carbocycles. The van der Waals surface area contributed by atoms with E-state index in [2.05, 4.69) is 28.1 Å². The van der Waals surface area contributed by atoms with Gasteiger partial charge in [0.2, 0.25) is 5.91 Å². The number of amides is 1. The highest BCUT2D eigenvalue weighted by molar-refractivity contribution is 5.96. The first-order valence-electron chi connectivity index (χ1n) is 10.3. The smallest absolute Gasteiger partial charge is 0.244 e. The first-order chi connectivity index (χ1) is 14.7. The number of hydrogen-bond donors (Lipinski definition) is 1. The molecule has 30 heavy (non-hydrogen) atoms. The molecule has 154 valence electrons. The van der Waals surface area contributed by atoms with E-state index < -0.39 is 0 Å². The van der Waals surface area contributed by atoms with Crippen LogP contribution in [0.3, 0.4) is 0 Å². The maximum absolute atomic E-state index is 12.2. The van der Waals surface area contributed by atoms with Crippen LogP contribution in [0.4, 0.5) is 0 Å².